The highest BCUT2D eigenvalue weighted by Gasteiger charge is 2.40. The summed E-state index contributed by atoms with van der Waals surface area (Å²) in [4.78, 5) is 35.5. The summed E-state index contributed by atoms with van der Waals surface area (Å²) in [6.45, 7) is -0.962. The smallest absolute Gasteiger partial charge is 0.417 e. The van der Waals surface area contributed by atoms with Crippen LogP contribution in [0.4, 0.5) is 13.2 Å². The first-order valence-corrected chi connectivity index (χ1v) is 12.6. The van der Waals surface area contributed by atoms with Gasteiger partial charge in [0.2, 0.25) is 15.9 Å². The van der Waals surface area contributed by atoms with Gasteiger partial charge in [0.15, 0.2) is 6.61 Å². The Morgan fingerprint density at radius 1 is 0.971 bits per heavy atom. The maximum atomic E-state index is 13.3. The van der Waals surface area contributed by atoms with E-state index in [1.54, 1.807) is 0 Å². The van der Waals surface area contributed by atoms with Crippen LogP contribution in [-0.4, -0.2) is 50.2 Å². The Balaban J connectivity index is 1.50. The molecular weight excluding hydrogens is 477 g/mol. The van der Waals surface area contributed by atoms with Crippen LogP contribution < -0.4 is 5.32 Å². The molecule has 2 fully saturated rings. The summed E-state index contributed by atoms with van der Waals surface area (Å²) >= 11 is 0. The second kappa shape index (κ2) is 10.9. The third kappa shape index (κ3) is 6.35. The van der Waals surface area contributed by atoms with Crippen LogP contribution in [0.2, 0.25) is 0 Å². The van der Waals surface area contributed by atoms with Gasteiger partial charge in [-0.05, 0) is 37.8 Å². The Labute approximate surface area is 195 Å². The Morgan fingerprint density at radius 3 is 2.21 bits per heavy atom. The fraction of sp³-hybridized carbons (Fsp3) is 0.591. The maximum Gasteiger partial charge on any atom is 0.417 e. The average molecular weight is 505 g/mol. The van der Waals surface area contributed by atoms with Gasteiger partial charge in [-0.1, -0.05) is 31.4 Å². The number of nitrogens with one attached hydrogen (secondary N) is 1. The molecule has 34 heavy (non-hydrogen) atoms. The molecule has 0 spiro atoms. The maximum absolute atomic E-state index is 13.3. The Hall–Kier alpha value is -2.47. The van der Waals surface area contributed by atoms with Crippen LogP contribution in [0, 0.1) is 11.8 Å². The summed E-state index contributed by atoms with van der Waals surface area (Å²) in [5.74, 6) is -2.74. The molecule has 1 aliphatic heterocycles. The average Bonchev–Trinajstić information content (AvgIpc) is 2.82. The van der Waals surface area contributed by atoms with Crippen LogP contribution in [-0.2, 0) is 35.3 Å². The molecule has 0 atom stereocenters. The second-order valence-electron chi connectivity index (χ2n) is 8.53. The SMILES string of the molecule is O=C(COC(=O)C1CCN(S(=O)(=O)c2ccccc2C(F)(F)F)CC1)NC(=O)C1CCCCC1. The van der Waals surface area contributed by atoms with Crippen molar-refractivity contribution >= 4 is 27.8 Å². The Kier molecular flexibility index (Phi) is 8.34. The molecule has 2 amide bonds. The van der Waals surface area contributed by atoms with E-state index in [9.17, 15) is 36.0 Å². The highest BCUT2D eigenvalue weighted by Crippen LogP contribution is 2.36. The van der Waals surface area contributed by atoms with Crippen molar-refractivity contribution < 1.29 is 40.7 Å². The van der Waals surface area contributed by atoms with Crippen molar-refractivity contribution in [2.45, 2.75) is 56.0 Å². The minimum Gasteiger partial charge on any atom is -0.455 e. The minimum atomic E-state index is -4.83. The van der Waals surface area contributed by atoms with Crippen molar-refractivity contribution in [2.24, 2.45) is 11.8 Å². The number of esters is 1. The molecule has 1 aromatic carbocycles. The summed E-state index contributed by atoms with van der Waals surface area (Å²) in [6, 6.07) is 3.95. The first-order valence-electron chi connectivity index (χ1n) is 11.2. The van der Waals surface area contributed by atoms with E-state index in [-0.39, 0.29) is 37.8 Å². The summed E-state index contributed by atoms with van der Waals surface area (Å²) in [5.41, 5.74) is -1.25. The lowest BCUT2D eigenvalue weighted by Crippen LogP contribution is -2.42. The Morgan fingerprint density at radius 2 is 1.59 bits per heavy atom. The number of halogens is 3. The molecule has 1 aromatic rings. The van der Waals surface area contributed by atoms with Gasteiger partial charge >= 0.3 is 12.1 Å². The van der Waals surface area contributed by atoms with Gasteiger partial charge in [-0.2, -0.15) is 17.5 Å². The molecule has 12 heteroatoms. The first kappa shape index (κ1) is 26.1. The van der Waals surface area contributed by atoms with E-state index in [0.717, 1.165) is 35.7 Å². The lowest BCUT2D eigenvalue weighted by atomic mass is 9.89. The van der Waals surface area contributed by atoms with Crippen LogP contribution in [0.15, 0.2) is 29.2 Å². The van der Waals surface area contributed by atoms with E-state index in [4.69, 9.17) is 4.74 Å². The Bertz CT molecular complexity index is 1010. The van der Waals surface area contributed by atoms with Crippen LogP contribution >= 0.6 is 0 Å². The van der Waals surface area contributed by atoms with Gasteiger partial charge < -0.3 is 4.74 Å². The second-order valence-corrected chi connectivity index (χ2v) is 10.4. The van der Waals surface area contributed by atoms with E-state index in [1.807, 2.05) is 0 Å². The molecule has 0 unspecified atom stereocenters. The predicted molar refractivity (Wildman–Crippen MR) is 114 cm³/mol. The number of carbonyl (C=O) groups is 3. The van der Waals surface area contributed by atoms with Gasteiger partial charge in [0.05, 0.1) is 16.4 Å². The fourth-order valence-electron chi connectivity index (χ4n) is 4.29. The number of benzene rings is 1. The fourth-order valence-corrected chi connectivity index (χ4v) is 5.97. The molecule has 2 aliphatic rings. The molecule has 8 nitrogen and oxygen atoms in total. The zero-order valence-corrected chi connectivity index (χ0v) is 19.3. The van der Waals surface area contributed by atoms with E-state index in [2.05, 4.69) is 5.32 Å². The molecule has 0 aromatic heterocycles. The molecular formula is C22H27F3N2O6S. The van der Waals surface area contributed by atoms with Gasteiger partial charge in [-0.3, -0.25) is 19.7 Å². The van der Waals surface area contributed by atoms with Crippen molar-refractivity contribution in [3.05, 3.63) is 29.8 Å². The number of ether oxygens (including phenoxy) is 1. The molecule has 1 saturated heterocycles. The van der Waals surface area contributed by atoms with E-state index >= 15 is 0 Å². The highest BCUT2D eigenvalue weighted by atomic mass is 32.2. The van der Waals surface area contributed by atoms with Crippen molar-refractivity contribution in [3.63, 3.8) is 0 Å². The lowest BCUT2D eigenvalue weighted by Gasteiger charge is -2.30. The minimum absolute atomic E-state index is 0.0366. The predicted octanol–water partition coefficient (Wildman–Crippen LogP) is 2.87. The monoisotopic (exact) mass is 504 g/mol. The molecule has 1 aliphatic carbocycles. The van der Waals surface area contributed by atoms with Crippen LogP contribution in [0.1, 0.15) is 50.5 Å². The number of alkyl halides is 3. The van der Waals surface area contributed by atoms with Crippen LogP contribution in [0.5, 0.6) is 0 Å². The number of carbonyl (C=O) groups excluding carboxylic acids is 3. The number of imide groups is 1. The van der Waals surface area contributed by atoms with Crippen LogP contribution in [0.3, 0.4) is 0 Å². The molecule has 1 saturated carbocycles. The standard InChI is InChI=1S/C22H27F3N2O6S/c23-22(24,25)17-8-4-5-9-18(17)34(31,32)27-12-10-16(11-13-27)21(30)33-14-19(28)26-20(29)15-6-2-1-3-7-15/h4-5,8-9,15-16H,1-3,6-7,10-14H2,(H,26,28,29). The third-order valence-electron chi connectivity index (χ3n) is 6.18. The van der Waals surface area contributed by atoms with Crippen molar-refractivity contribution in [3.8, 4) is 0 Å². The number of amides is 2. The summed E-state index contributed by atoms with van der Waals surface area (Å²) in [6.07, 6.45) is -0.407. The van der Waals surface area contributed by atoms with Crippen molar-refractivity contribution in [2.75, 3.05) is 19.7 Å². The highest BCUT2D eigenvalue weighted by molar-refractivity contribution is 7.89. The number of hydrogen-bond donors (Lipinski definition) is 1. The summed E-state index contributed by atoms with van der Waals surface area (Å²) in [5, 5.41) is 2.24. The molecule has 1 N–H and O–H groups in total. The van der Waals surface area contributed by atoms with Crippen LogP contribution in [0.25, 0.3) is 0 Å². The third-order valence-corrected chi connectivity index (χ3v) is 8.14. The van der Waals surface area contributed by atoms with Gasteiger partial charge in [-0.15, -0.1) is 0 Å². The molecule has 188 valence electrons. The number of sulfonamides is 1. The normalized spacial score (nSPS) is 18.9. The number of rotatable bonds is 6. The zero-order chi connectivity index (χ0) is 24.9. The van der Waals surface area contributed by atoms with E-state index < -0.39 is 51.1 Å². The largest absolute Gasteiger partial charge is 0.455 e. The van der Waals surface area contributed by atoms with Gasteiger partial charge in [0, 0.05) is 19.0 Å². The van der Waals surface area contributed by atoms with Gasteiger partial charge in [0.25, 0.3) is 5.91 Å². The first-order chi connectivity index (χ1) is 16.0. The van der Waals surface area contributed by atoms with E-state index in [0.29, 0.717) is 18.9 Å². The summed E-state index contributed by atoms with van der Waals surface area (Å²) in [7, 11) is -4.42. The van der Waals surface area contributed by atoms with Crippen molar-refractivity contribution in [1.82, 2.24) is 9.62 Å². The zero-order valence-electron chi connectivity index (χ0n) is 18.5. The van der Waals surface area contributed by atoms with Gasteiger partial charge in [0.1, 0.15) is 0 Å². The molecule has 1 heterocycles. The quantitative estimate of drug-likeness (QED) is 0.597. The number of hydrogen-bond acceptors (Lipinski definition) is 6. The topological polar surface area (TPSA) is 110 Å². The number of nitrogens with zero attached hydrogens (tertiary/aromatic N) is 1. The van der Waals surface area contributed by atoms with E-state index in [1.165, 1.54) is 6.07 Å². The molecule has 3 rings (SSSR count). The summed E-state index contributed by atoms with van der Waals surface area (Å²) < 4.78 is 71.3. The number of piperidine rings is 1. The molecule has 0 bridgehead atoms. The molecule has 0 radical (unpaired) electrons. The van der Waals surface area contributed by atoms with Gasteiger partial charge in [-0.25, -0.2) is 8.42 Å². The van der Waals surface area contributed by atoms with Crippen molar-refractivity contribution in [1.29, 1.82) is 0 Å². The lowest BCUT2D eigenvalue weighted by molar-refractivity contribution is -0.154.